The van der Waals surface area contributed by atoms with Crippen molar-refractivity contribution in [2.24, 2.45) is 0 Å². The lowest BCUT2D eigenvalue weighted by Crippen LogP contribution is -1.84. The van der Waals surface area contributed by atoms with Gasteiger partial charge in [-0.25, -0.2) is 9.18 Å². The van der Waals surface area contributed by atoms with Gasteiger partial charge in [-0.1, -0.05) is 40.0 Å². The number of halogens is 2. The Labute approximate surface area is 118 Å². The van der Waals surface area contributed by atoms with Crippen LogP contribution in [0.4, 0.5) is 4.39 Å². The molecule has 2 aromatic carbocycles. The van der Waals surface area contributed by atoms with Crippen molar-refractivity contribution in [1.82, 2.24) is 0 Å². The summed E-state index contributed by atoms with van der Waals surface area (Å²) in [7, 11) is 0. The molecule has 0 saturated carbocycles. The summed E-state index contributed by atoms with van der Waals surface area (Å²) in [5.74, 6) is 7.08. The zero-order valence-electron chi connectivity index (χ0n) is 9.78. The first-order valence-corrected chi connectivity index (χ1v) is 6.27. The first-order valence-electron chi connectivity index (χ1n) is 5.48. The Morgan fingerprint density at radius 1 is 1.05 bits per heavy atom. The van der Waals surface area contributed by atoms with Gasteiger partial charge < -0.3 is 0 Å². The maximum atomic E-state index is 12.7. The molecule has 0 fully saturated rings. The summed E-state index contributed by atoms with van der Waals surface area (Å²) in [4.78, 5) is 11.0. The van der Waals surface area contributed by atoms with E-state index in [1.54, 1.807) is 18.2 Å². The van der Waals surface area contributed by atoms with Crippen LogP contribution in [0.3, 0.4) is 0 Å². The van der Waals surface area contributed by atoms with Gasteiger partial charge in [-0.15, -0.1) is 0 Å². The number of carbonyl (C=O) groups excluding carboxylic acids is 1. The highest BCUT2D eigenvalue weighted by Gasteiger charge is 2.03. The Balaban J connectivity index is 2.35. The Hall–Kier alpha value is -2.14. The van der Waals surface area contributed by atoms with Gasteiger partial charge in [0.05, 0.1) is 0 Å². The SMILES string of the molecule is O=C=C(C#Cc1ccc(F)cc1)c1ccccc1Br. The molecule has 1 nitrogen and oxygen atoms in total. The average Bonchev–Trinajstić information content (AvgIpc) is 2.43. The van der Waals surface area contributed by atoms with Gasteiger partial charge in [0.2, 0.25) is 0 Å². The Bertz CT molecular complexity index is 702. The molecule has 2 aromatic rings. The maximum absolute atomic E-state index is 12.7. The molecular weight excluding hydrogens is 307 g/mol. The van der Waals surface area contributed by atoms with Gasteiger partial charge in [0.15, 0.2) is 0 Å². The zero-order chi connectivity index (χ0) is 13.7. The summed E-state index contributed by atoms with van der Waals surface area (Å²) in [6.45, 7) is 0. The van der Waals surface area contributed by atoms with Gasteiger partial charge in [-0.05, 0) is 36.3 Å². The molecule has 0 unspecified atom stereocenters. The van der Waals surface area contributed by atoms with E-state index in [2.05, 4.69) is 27.8 Å². The summed E-state index contributed by atoms with van der Waals surface area (Å²) in [6, 6.07) is 13.0. The molecule has 0 aliphatic carbocycles. The van der Waals surface area contributed by atoms with Crippen LogP contribution in [-0.2, 0) is 4.79 Å². The molecule has 2 rings (SSSR count). The zero-order valence-corrected chi connectivity index (χ0v) is 11.4. The quantitative estimate of drug-likeness (QED) is 0.577. The van der Waals surface area contributed by atoms with Crippen molar-refractivity contribution < 1.29 is 9.18 Å². The highest BCUT2D eigenvalue weighted by molar-refractivity contribution is 9.10. The van der Waals surface area contributed by atoms with Crippen LogP contribution in [0.2, 0.25) is 0 Å². The minimum absolute atomic E-state index is 0.261. The number of hydrogen-bond donors (Lipinski definition) is 0. The Morgan fingerprint density at radius 2 is 1.74 bits per heavy atom. The molecule has 19 heavy (non-hydrogen) atoms. The molecule has 0 bridgehead atoms. The molecule has 0 saturated heterocycles. The smallest absolute Gasteiger partial charge is 0.142 e. The minimum atomic E-state index is -0.317. The first kappa shape index (κ1) is 13.3. The Kier molecular flexibility index (Phi) is 4.30. The van der Waals surface area contributed by atoms with Crippen molar-refractivity contribution >= 4 is 27.4 Å². The highest BCUT2D eigenvalue weighted by Crippen LogP contribution is 2.21. The number of rotatable bonds is 1. The fraction of sp³-hybridized carbons (Fsp3) is 0. The van der Waals surface area contributed by atoms with Gasteiger partial charge in [-0.3, -0.25) is 0 Å². The van der Waals surface area contributed by atoms with E-state index in [4.69, 9.17) is 0 Å². The number of hydrogen-bond acceptors (Lipinski definition) is 1. The molecule has 0 aromatic heterocycles. The second-order valence-corrected chi connectivity index (χ2v) is 4.57. The van der Waals surface area contributed by atoms with Crippen molar-refractivity contribution in [3.8, 4) is 11.8 Å². The number of benzene rings is 2. The van der Waals surface area contributed by atoms with E-state index in [1.165, 1.54) is 12.1 Å². The molecule has 0 atom stereocenters. The molecule has 0 aliphatic heterocycles. The van der Waals surface area contributed by atoms with Gasteiger partial charge in [0, 0.05) is 15.6 Å². The normalized spacial score (nSPS) is 9.16. The molecule has 0 aliphatic rings. The van der Waals surface area contributed by atoms with E-state index in [0.29, 0.717) is 11.1 Å². The third-order valence-corrected chi connectivity index (χ3v) is 3.11. The summed E-state index contributed by atoms with van der Waals surface area (Å²) < 4.78 is 13.5. The predicted octanol–water partition coefficient (Wildman–Crippen LogP) is 3.85. The molecule has 0 radical (unpaired) electrons. The second kappa shape index (κ2) is 6.15. The van der Waals surface area contributed by atoms with Gasteiger partial charge >= 0.3 is 0 Å². The summed E-state index contributed by atoms with van der Waals surface area (Å²) in [5.41, 5.74) is 1.59. The summed E-state index contributed by atoms with van der Waals surface area (Å²) in [5, 5.41) is 0. The van der Waals surface area contributed by atoms with E-state index < -0.39 is 0 Å². The van der Waals surface area contributed by atoms with E-state index in [9.17, 15) is 9.18 Å². The average molecular weight is 315 g/mol. The summed E-state index contributed by atoms with van der Waals surface area (Å²) >= 11 is 3.36. The van der Waals surface area contributed by atoms with Crippen LogP contribution in [-0.4, -0.2) is 5.94 Å². The molecule has 0 spiro atoms. The molecular formula is C16H8BrFO. The van der Waals surface area contributed by atoms with Gasteiger partial charge in [0.1, 0.15) is 17.3 Å². The van der Waals surface area contributed by atoms with Crippen molar-refractivity contribution in [2.45, 2.75) is 0 Å². The molecule has 3 heteroatoms. The minimum Gasteiger partial charge on any atom is -0.232 e. The van der Waals surface area contributed by atoms with Crippen LogP contribution in [0.25, 0.3) is 5.57 Å². The lowest BCUT2D eigenvalue weighted by atomic mass is 10.1. The largest absolute Gasteiger partial charge is 0.232 e. The van der Waals surface area contributed by atoms with Crippen molar-refractivity contribution in [2.75, 3.05) is 0 Å². The van der Waals surface area contributed by atoms with E-state index in [1.807, 2.05) is 24.1 Å². The topological polar surface area (TPSA) is 17.1 Å². The highest BCUT2D eigenvalue weighted by atomic mass is 79.9. The lowest BCUT2D eigenvalue weighted by Gasteiger charge is -1.98. The van der Waals surface area contributed by atoms with Crippen LogP contribution in [0.5, 0.6) is 0 Å². The van der Waals surface area contributed by atoms with Crippen molar-refractivity contribution in [3.05, 3.63) is 69.9 Å². The van der Waals surface area contributed by atoms with Crippen LogP contribution in [0.1, 0.15) is 11.1 Å². The molecule has 92 valence electrons. The fourth-order valence-corrected chi connectivity index (χ4v) is 1.96. The fourth-order valence-electron chi connectivity index (χ4n) is 1.48. The van der Waals surface area contributed by atoms with Crippen molar-refractivity contribution in [1.29, 1.82) is 0 Å². The van der Waals surface area contributed by atoms with Crippen LogP contribution >= 0.6 is 15.9 Å². The number of allylic oxidation sites excluding steroid dienone is 1. The molecule has 0 heterocycles. The van der Waals surface area contributed by atoms with E-state index in [0.717, 1.165) is 4.47 Å². The molecule has 0 amide bonds. The Morgan fingerprint density at radius 3 is 2.37 bits per heavy atom. The maximum Gasteiger partial charge on any atom is 0.142 e. The summed E-state index contributed by atoms with van der Waals surface area (Å²) in [6.07, 6.45) is 0. The molecule has 0 N–H and O–H groups in total. The third-order valence-electron chi connectivity index (χ3n) is 2.42. The first-order chi connectivity index (χ1) is 9.20. The second-order valence-electron chi connectivity index (χ2n) is 3.71. The van der Waals surface area contributed by atoms with Crippen LogP contribution in [0.15, 0.2) is 53.0 Å². The monoisotopic (exact) mass is 314 g/mol. The van der Waals surface area contributed by atoms with Crippen LogP contribution in [0, 0.1) is 17.7 Å². The third kappa shape index (κ3) is 3.42. The van der Waals surface area contributed by atoms with E-state index >= 15 is 0 Å². The van der Waals surface area contributed by atoms with E-state index in [-0.39, 0.29) is 11.4 Å². The van der Waals surface area contributed by atoms with Gasteiger partial charge in [0.25, 0.3) is 0 Å². The van der Waals surface area contributed by atoms with Crippen LogP contribution < -0.4 is 0 Å². The standard InChI is InChI=1S/C16H8BrFO/c17-16-4-2-1-3-15(16)13(11-19)8-5-12-6-9-14(18)10-7-12/h1-4,6-7,9-10H. The predicted molar refractivity (Wildman–Crippen MR) is 76.5 cm³/mol. The van der Waals surface area contributed by atoms with Crippen molar-refractivity contribution in [3.63, 3.8) is 0 Å². The van der Waals surface area contributed by atoms with Gasteiger partial charge in [-0.2, -0.15) is 0 Å². The lowest BCUT2D eigenvalue weighted by molar-refractivity contribution is 0.569.